The maximum absolute atomic E-state index is 5.47. The minimum atomic E-state index is 0.329. The summed E-state index contributed by atoms with van der Waals surface area (Å²) in [5, 5.41) is 7.48. The van der Waals surface area contributed by atoms with Gasteiger partial charge in [-0.15, -0.1) is 0 Å². The molecule has 4 heteroatoms. The quantitative estimate of drug-likeness (QED) is 0.728. The summed E-state index contributed by atoms with van der Waals surface area (Å²) in [6.07, 6.45) is 7.70. The van der Waals surface area contributed by atoms with Crippen LogP contribution >= 0.6 is 12.2 Å². The molecule has 0 unspecified atom stereocenters. The number of thiocarbonyl (C=S) groups is 1. The van der Waals surface area contributed by atoms with Crippen molar-refractivity contribution in [2.24, 2.45) is 0 Å². The van der Waals surface area contributed by atoms with E-state index >= 15 is 0 Å². The Kier molecular flexibility index (Phi) is 6.21. The van der Waals surface area contributed by atoms with Crippen molar-refractivity contribution in [3.05, 3.63) is 29.8 Å². The van der Waals surface area contributed by atoms with Gasteiger partial charge in [-0.25, -0.2) is 0 Å². The van der Waals surface area contributed by atoms with Crippen molar-refractivity contribution >= 4 is 23.0 Å². The van der Waals surface area contributed by atoms with Gasteiger partial charge >= 0.3 is 0 Å². The third kappa shape index (κ3) is 4.43. The van der Waals surface area contributed by atoms with E-state index in [1.54, 1.807) is 0 Å². The molecule has 1 aliphatic rings. The molecule has 0 heterocycles. The molecule has 0 saturated heterocycles. The lowest BCUT2D eigenvalue weighted by molar-refractivity contribution is -0.916. The first-order chi connectivity index (χ1) is 10.6. The van der Waals surface area contributed by atoms with Crippen LogP contribution in [0.3, 0.4) is 0 Å². The molecule has 0 amide bonds. The van der Waals surface area contributed by atoms with Gasteiger partial charge in [0.15, 0.2) is 5.11 Å². The van der Waals surface area contributed by atoms with Crippen LogP contribution in [0.25, 0.3) is 0 Å². The molecule has 122 valence electrons. The van der Waals surface area contributed by atoms with E-state index in [1.165, 1.54) is 42.6 Å². The third-order valence-electron chi connectivity index (χ3n) is 5.08. The van der Waals surface area contributed by atoms with E-state index in [4.69, 9.17) is 12.2 Å². The van der Waals surface area contributed by atoms with Crippen molar-refractivity contribution in [1.82, 2.24) is 5.32 Å². The van der Waals surface area contributed by atoms with E-state index in [2.05, 4.69) is 55.9 Å². The molecule has 1 aromatic rings. The number of rotatable bonds is 5. The van der Waals surface area contributed by atoms with E-state index in [-0.39, 0.29) is 0 Å². The van der Waals surface area contributed by atoms with Gasteiger partial charge < -0.3 is 15.5 Å². The average Bonchev–Trinajstić information content (AvgIpc) is 2.54. The van der Waals surface area contributed by atoms with E-state index in [0.29, 0.717) is 5.54 Å². The number of benzene rings is 1. The van der Waals surface area contributed by atoms with E-state index < -0.39 is 0 Å². The predicted molar refractivity (Wildman–Crippen MR) is 98.7 cm³/mol. The number of aryl methyl sites for hydroxylation is 1. The summed E-state index contributed by atoms with van der Waals surface area (Å²) in [4.78, 5) is 1.54. The Morgan fingerprint density at radius 2 is 1.77 bits per heavy atom. The molecule has 1 aliphatic carbocycles. The molecular formula is C18H30N3S+. The number of hydrogen-bond acceptors (Lipinski definition) is 1. The molecule has 1 aromatic carbocycles. The Hall–Kier alpha value is -1.13. The van der Waals surface area contributed by atoms with Gasteiger partial charge in [-0.05, 0) is 49.2 Å². The van der Waals surface area contributed by atoms with Crippen molar-refractivity contribution in [3.8, 4) is 0 Å². The highest BCUT2D eigenvalue weighted by atomic mass is 32.1. The van der Waals surface area contributed by atoms with Crippen LogP contribution in [0.4, 0.5) is 5.69 Å². The molecular weight excluding hydrogens is 290 g/mol. The SMILES string of the molecule is CCc1ccc(NC(=S)NCC2([NH+](C)C)CCCCC2)cc1. The first-order valence-electron chi connectivity index (χ1n) is 8.50. The average molecular weight is 321 g/mol. The number of quaternary nitrogens is 1. The monoisotopic (exact) mass is 320 g/mol. The highest BCUT2D eigenvalue weighted by Crippen LogP contribution is 2.24. The first kappa shape index (κ1) is 17.2. The van der Waals surface area contributed by atoms with Gasteiger partial charge in [0.2, 0.25) is 0 Å². The fourth-order valence-electron chi connectivity index (χ4n) is 3.33. The third-order valence-corrected chi connectivity index (χ3v) is 5.33. The van der Waals surface area contributed by atoms with Crippen LogP contribution < -0.4 is 15.5 Å². The molecule has 0 aliphatic heterocycles. The fourth-order valence-corrected chi connectivity index (χ4v) is 3.52. The molecule has 0 atom stereocenters. The zero-order valence-electron chi connectivity index (χ0n) is 14.2. The summed E-state index contributed by atoms with van der Waals surface area (Å²) >= 11 is 5.47. The molecule has 3 N–H and O–H groups in total. The van der Waals surface area contributed by atoms with E-state index in [1.807, 2.05) is 0 Å². The molecule has 0 spiro atoms. The number of hydrogen-bond donors (Lipinski definition) is 3. The molecule has 3 nitrogen and oxygen atoms in total. The summed E-state index contributed by atoms with van der Waals surface area (Å²) in [5.41, 5.74) is 2.74. The van der Waals surface area contributed by atoms with Gasteiger partial charge in [0.05, 0.1) is 20.6 Å². The molecule has 0 radical (unpaired) electrons. The van der Waals surface area contributed by atoms with Crippen molar-refractivity contribution in [2.45, 2.75) is 51.0 Å². The summed E-state index contributed by atoms with van der Waals surface area (Å²) < 4.78 is 0. The highest BCUT2D eigenvalue weighted by Gasteiger charge is 2.37. The maximum atomic E-state index is 5.47. The van der Waals surface area contributed by atoms with E-state index in [9.17, 15) is 0 Å². The van der Waals surface area contributed by atoms with Crippen molar-refractivity contribution < 1.29 is 4.90 Å². The Balaban J connectivity index is 1.87. The van der Waals surface area contributed by atoms with Gasteiger partial charge in [-0.2, -0.15) is 0 Å². The minimum absolute atomic E-state index is 0.329. The molecule has 2 rings (SSSR count). The smallest absolute Gasteiger partial charge is 0.171 e. The normalized spacial score (nSPS) is 17.3. The van der Waals surface area contributed by atoms with E-state index in [0.717, 1.165) is 23.8 Å². The Morgan fingerprint density at radius 3 is 2.32 bits per heavy atom. The molecule has 1 fully saturated rings. The standard InChI is InChI=1S/C18H29N3S/c1-4-15-8-10-16(11-9-15)20-17(22)19-14-18(21(2)3)12-6-5-7-13-18/h8-11H,4-7,12-14H2,1-3H3,(H2,19,20,22)/p+1. The van der Waals surface area contributed by atoms with Gasteiger partial charge in [-0.3, -0.25) is 0 Å². The molecule has 1 saturated carbocycles. The summed E-state index contributed by atoms with van der Waals surface area (Å²) in [6, 6.07) is 8.50. The largest absolute Gasteiger partial charge is 0.356 e. The highest BCUT2D eigenvalue weighted by molar-refractivity contribution is 7.80. The summed E-state index contributed by atoms with van der Waals surface area (Å²) in [6.45, 7) is 3.12. The maximum Gasteiger partial charge on any atom is 0.171 e. The van der Waals surface area contributed by atoms with Crippen LogP contribution in [0.15, 0.2) is 24.3 Å². The topological polar surface area (TPSA) is 28.5 Å². The number of anilines is 1. The van der Waals surface area contributed by atoms with Crippen LogP contribution in [-0.4, -0.2) is 31.3 Å². The van der Waals surface area contributed by atoms with Crippen molar-refractivity contribution in [2.75, 3.05) is 26.0 Å². The minimum Gasteiger partial charge on any atom is -0.356 e. The Morgan fingerprint density at radius 1 is 1.14 bits per heavy atom. The molecule has 0 bridgehead atoms. The lowest BCUT2D eigenvalue weighted by Crippen LogP contribution is -3.16. The molecule has 0 aromatic heterocycles. The second-order valence-electron chi connectivity index (χ2n) is 6.70. The van der Waals surface area contributed by atoms with Crippen LogP contribution in [0, 0.1) is 0 Å². The van der Waals surface area contributed by atoms with Crippen LogP contribution in [0.5, 0.6) is 0 Å². The fraction of sp³-hybridized carbons (Fsp3) is 0.611. The zero-order valence-corrected chi connectivity index (χ0v) is 15.0. The zero-order chi connectivity index (χ0) is 16.0. The lowest BCUT2D eigenvalue weighted by atomic mass is 9.80. The predicted octanol–water partition coefficient (Wildman–Crippen LogP) is 2.38. The van der Waals surface area contributed by atoms with Crippen molar-refractivity contribution in [3.63, 3.8) is 0 Å². The second-order valence-corrected chi connectivity index (χ2v) is 7.11. The van der Waals surface area contributed by atoms with Gasteiger partial charge in [0.1, 0.15) is 5.54 Å². The Labute approximate surface area is 140 Å². The Bertz CT molecular complexity index is 476. The van der Waals surface area contributed by atoms with Gasteiger partial charge in [0.25, 0.3) is 0 Å². The number of likely N-dealkylation sites (N-methyl/N-ethyl adjacent to an activating group) is 1. The summed E-state index contributed by atoms with van der Waals surface area (Å²) in [7, 11) is 4.54. The summed E-state index contributed by atoms with van der Waals surface area (Å²) in [5.74, 6) is 0. The molecule has 22 heavy (non-hydrogen) atoms. The van der Waals surface area contributed by atoms with Crippen LogP contribution in [0.1, 0.15) is 44.6 Å². The first-order valence-corrected chi connectivity index (χ1v) is 8.91. The van der Waals surface area contributed by atoms with Crippen LogP contribution in [0.2, 0.25) is 0 Å². The second kappa shape index (κ2) is 7.93. The van der Waals surface area contributed by atoms with Crippen LogP contribution in [-0.2, 0) is 6.42 Å². The van der Waals surface area contributed by atoms with Gasteiger partial charge in [0, 0.05) is 18.5 Å². The van der Waals surface area contributed by atoms with Gasteiger partial charge in [-0.1, -0.05) is 25.5 Å². The lowest BCUT2D eigenvalue weighted by Gasteiger charge is -2.40. The van der Waals surface area contributed by atoms with Crippen molar-refractivity contribution in [1.29, 1.82) is 0 Å². The number of nitrogens with one attached hydrogen (secondary N) is 3.